The maximum absolute atomic E-state index is 13.8. The van der Waals surface area contributed by atoms with Crippen LogP contribution in [0.2, 0.25) is 0 Å². The van der Waals surface area contributed by atoms with Gasteiger partial charge in [-0.25, -0.2) is 9.78 Å². The molecule has 2 aromatic carbocycles. The molecule has 4 aromatic rings. The minimum atomic E-state index is -0.301. The third-order valence-electron chi connectivity index (χ3n) is 7.48. The SMILES string of the molecule is CCCn1c(=O)c2c(nc(Cc3ccccc3)n2CCN(CC)CCO)n(CCCCc2ccccc2N)c1=O. The van der Waals surface area contributed by atoms with Crippen molar-refractivity contribution in [2.75, 3.05) is 32.0 Å². The lowest BCUT2D eigenvalue weighted by Crippen LogP contribution is -2.41. The number of aromatic nitrogens is 4. The Balaban J connectivity index is 1.75. The van der Waals surface area contributed by atoms with Crippen molar-refractivity contribution in [2.45, 2.75) is 65.6 Å². The van der Waals surface area contributed by atoms with Gasteiger partial charge in [0.25, 0.3) is 5.56 Å². The van der Waals surface area contributed by atoms with E-state index in [1.165, 1.54) is 4.57 Å². The first-order valence-electron chi connectivity index (χ1n) is 14.4. The molecule has 0 atom stereocenters. The smallest absolute Gasteiger partial charge is 0.332 e. The number of hydrogen-bond acceptors (Lipinski definition) is 6. The van der Waals surface area contributed by atoms with Crippen LogP contribution in [0.5, 0.6) is 0 Å². The molecular formula is C31H42N6O3. The first-order valence-corrected chi connectivity index (χ1v) is 14.4. The molecule has 40 heavy (non-hydrogen) atoms. The van der Waals surface area contributed by atoms with Gasteiger partial charge in [0.2, 0.25) is 0 Å². The number of benzene rings is 2. The highest BCUT2D eigenvalue weighted by molar-refractivity contribution is 5.71. The summed E-state index contributed by atoms with van der Waals surface area (Å²) in [6.45, 7) is 7.49. The molecule has 9 heteroatoms. The Morgan fingerprint density at radius 1 is 0.875 bits per heavy atom. The van der Waals surface area contributed by atoms with Crippen molar-refractivity contribution < 1.29 is 5.11 Å². The predicted molar refractivity (Wildman–Crippen MR) is 161 cm³/mol. The maximum atomic E-state index is 13.8. The number of anilines is 1. The molecule has 4 rings (SSSR count). The zero-order valence-electron chi connectivity index (χ0n) is 23.8. The van der Waals surface area contributed by atoms with E-state index in [1.54, 1.807) is 4.57 Å². The third kappa shape index (κ3) is 6.71. The summed E-state index contributed by atoms with van der Waals surface area (Å²) in [5.74, 6) is 0.762. The van der Waals surface area contributed by atoms with Gasteiger partial charge in [0.1, 0.15) is 5.82 Å². The van der Waals surface area contributed by atoms with E-state index in [4.69, 9.17) is 10.7 Å². The van der Waals surface area contributed by atoms with Gasteiger partial charge in [-0.05, 0) is 49.4 Å². The van der Waals surface area contributed by atoms with E-state index < -0.39 is 0 Å². The lowest BCUT2D eigenvalue weighted by molar-refractivity contribution is 0.197. The Morgan fingerprint density at radius 2 is 1.62 bits per heavy atom. The van der Waals surface area contributed by atoms with Gasteiger partial charge in [-0.1, -0.05) is 62.4 Å². The molecule has 0 fully saturated rings. The van der Waals surface area contributed by atoms with Crippen LogP contribution in [0.15, 0.2) is 64.2 Å². The van der Waals surface area contributed by atoms with E-state index in [0.717, 1.165) is 48.4 Å². The van der Waals surface area contributed by atoms with E-state index in [2.05, 4.69) is 11.8 Å². The van der Waals surface area contributed by atoms with E-state index in [9.17, 15) is 14.7 Å². The van der Waals surface area contributed by atoms with Crippen LogP contribution in [0, 0.1) is 0 Å². The number of hydrogen-bond donors (Lipinski definition) is 2. The fourth-order valence-electron chi connectivity index (χ4n) is 5.27. The summed E-state index contributed by atoms with van der Waals surface area (Å²) in [5.41, 5.74) is 9.44. The summed E-state index contributed by atoms with van der Waals surface area (Å²) < 4.78 is 5.06. The van der Waals surface area contributed by atoms with Gasteiger partial charge in [0, 0.05) is 44.8 Å². The van der Waals surface area contributed by atoms with Crippen molar-refractivity contribution in [3.63, 3.8) is 0 Å². The number of aliphatic hydroxyl groups is 1. The fourth-order valence-corrected chi connectivity index (χ4v) is 5.27. The van der Waals surface area contributed by atoms with Crippen molar-refractivity contribution in [2.24, 2.45) is 0 Å². The highest BCUT2D eigenvalue weighted by Crippen LogP contribution is 2.18. The van der Waals surface area contributed by atoms with Crippen LogP contribution in [0.4, 0.5) is 5.69 Å². The van der Waals surface area contributed by atoms with Gasteiger partial charge in [0.15, 0.2) is 11.2 Å². The molecule has 0 aliphatic carbocycles. The number of para-hydroxylation sites is 1. The Morgan fingerprint density at radius 3 is 2.33 bits per heavy atom. The Bertz CT molecular complexity index is 1510. The summed E-state index contributed by atoms with van der Waals surface area (Å²) >= 11 is 0. The number of unbranched alkanes of at least 4 members (excludes halogenated alkanes) is 1. The van der Waals surface area contributed by atoms with E-state index in [-0.39, 0.29) is 17.9 Å². The van der Waals surface area contributed by atoms with Crippen LogP contribution >= 0.6 is 0 Å². The number of aryl methyl sites for hydroxylation is 2. The fraction of sp³-hybridized carbons (Fsp3) is 0.452. The second-order valence-electron chi connectivity index (χ2n) is 10.2. The number of nitrogens with two attached hydrogens (primary N) is 1. The third-order valence-corrected chi connectivity index (χ3v) is 7.48. The van der Waals surface area contributed by atoms with Gasteiger partial charge < -0.3 is 15.4 Å². The maximum Gasteiger partial charge on any atom is 0.332 e. The average Bonchev–Trinajstić information content (AvgIpc) is 3.32. The predicted octanol–water partition coefficient (Wildman–Crippen LogP) is 3.28. The summed E-state index contributed by atoms with van der Waals surface area (Å²) in [6, 6.07) is 17.9. The largest absolute Gasteiger partial charge is 0.399 e. The molecule has 0 saturated heterocycles. The van der Waals surface area contributed by atoms with Gasteiger partial charge in [0.05, 0.1) is 6.61 Å². The van der Waals surface area contributed by atoms with E-state index in [1.807, 2.05) is 66.1 Å². The molecule has 0 aliphatic rings. The molecule has 2 heterocycles. The number of imidazole rings is 1. The molecule has 0 unspecified atom stereocenters. The van der Waals surface area contributed by atoms with E-state index in [0.29, 0.717) is 56.7 Å². The molecule has 0 saturated carbocycles. The molecular weight excluding hydrogens is 504 g/mol. The average molecular weight is 547 g/mol. The van der Waals surface area contributed by atoms with Crippen molar-refractivity contribution in [3.05, 3.63) is 92.4 Å². The number of likely N-dealkylation sites (N-methyl/N-ethyl adjacent to an activating group) is 1. The summed E-state index contributed by atoms with van der Waals surface area (Å²) in [4.78, 5) is 34.5. The molecule has 214 valence electrons. The van der Waals surface area contributed by atoms with Crippen LogP contribution in [0.3, 0.4) is 0 Å². The lowest BCUT2D eigenvalue weighted by atomic mass is 10.1. The van der Waals surface area contributed by atoms with Crippen molar-refractivity contribution in [1.82, 2.24) is 23.6 Å². The number of fused-ring (bicyclic) bond motifs is 1. The van der Waals surface area contributed by atoms with Gasteiger partial charge in [-0.15, -0.1) is 0 Å². The van der Waals surface area contributed by atoms with E-state index >= 15 is 0 Å². The second kappa shape index (κ2) is 14.1. The minimum absolute atomic E-state index is 0.0763. The normalized spacial score (nSPS) is 11.6. The molecule has 0 amide bonds. The standard InChI is InChI=1S/C31H42N6O3/c1-3-17-37-30(39)28-29(36(31(37)40)18-11-10-15-25-14-8-9-16-26(25)32)33-27(23-24-12-6-5-7-13-24)35(28)20-19-34(4-2)21-22-38/h5-9,12-14,16,38H,3-4,10-11,15,17-23,32H2,1-2H3. The van der Waals surface area contributed by atoms with Crippen LogP contribution in [-0.2, 0) is 32.5 Å². The first kappa shape index (κ1) is 29.3. The van der Waals surface area contributed by atoms with Gasteiger partial charge in [-0.2, -0.15) is 0 Å². The van der Waals surface area contributed by atoms with Crippen molar-refractivity contribution >= 4 is 16.9 Å². The Labute approximate surface area is 235 Å². The monoisotopic (exact) mass is 546 g/mol. The van der Waals surface area contributed by atoms with Crippen LogP contribution in [-0.4, -0.2) is 54.9 Å². The van der Waals surface area contributed by atoms with Crippen molar-refractivity contribution in [1.29, 1.82) is 0 Å². The zero-order valence-corrected chi connectivity index (χ0v) is 23.8. The Hall–Kier alpha value is -3.69. The number of rotatable bonds is 15. The van der Waals surface area contributed by atoms with Crippen LogP contribution < -0.4 is 17.0 Å². The van der Waals surface area contributed by atoms with Crippen molar-refractivity contribution in [3.8, 4) is 0 Å². The lowest BCUT2D eigenvalue weighted by Gasteiger charge is -2.20. The number of nitrogens with zero attached hydrogens (tertiary/aromatic N) is 5. The Kier molecular flexibility index (Phi) is 10.3. The molecule has 0 radical (unpaired) electrons. The molecule has 0 bridgehead atoms. The van der Waals surface area contributed by atoms with Crippen LogP contribution in [0.25, 0.3) is 11.2 Å². The highest BCUT2D eigenvalue weighted by Gasteiger charge is 2.22. The van der Waals surface area contributed by atoms with Crippen LogP contribution in [0.1, 0.15) is 50.1 Å². The highest BCUT2D eigenvalue weighted by atomic mass is 16.3. The second-order valence-corrected chi connectivity index (χ2v) is 10.2. The van der Waals surface area contributed by atoms with Gasteiger partial charge in [-0.3, -0.25) is 18.8 Å². The topological polar surface area (TPSA) is 111 Å². The summed E-state index contributed by atoms with van der Waals surface area (Å²) in [5, 5.41) is 9.48. The zero-order chi connectivity index (χ0) is 28.5. The minimum Gasteiger partial charge on any atom is -0.399 e. The molecule has 3 N–H and O–H groups in total. The van der Waals surface area contributed by atoms with Gasteiger partial charge >= 0.3 is 5.69 Å². The quantitative estimate of drug-likeness (QED) is 0.175. The number of nitrogen functional groups attached to an aromatic ring is 1. The first-order chi connectivity index (χ1) is 19.5. The summed E-state index contributed by atoms with van der Waals surface area (Å²) in [6.07, 6.45) is 3.67. The molecule has 0 spiro atoms. The number of aliphatic hydroxyl groups excluding tert-OH is 1. The summed E-state index contributed by atoms with van der Waals surface area (Å²) in [7, 11) is 0. The molecule has 2 aromatic heterocycles. The molecule has 9 nitrogen and oxygen atoms in total. The molecule has 0 aliphatic heterocycles.